The second-order valence-corrected chi connectivity index (χ2v) is 7.53. The van der Waals surface area contributed by atoms with Crippen LogP contribution < -0.4 is 10.2 Å². The summed E-state index contributed by atoms with van der Waals surface area (Å²) in [6, 6.07) is 12.6. The molecule has 1 atom stereocenters. The van der Waals surface area contributed by atoms with E-state index < -0.39 is 23.2 Å². The summed E-state index contributed by atoms with van der Waals surface area (Å²) in [5.74, 6) is -2.15. The van der Waals surface area contributed by atoms with Gasteiger partial charge < -0.3 is 20.3 Å². The van der Waals surface area contributed by atoms with Gasteiger partial charge in [0.05, 0.1) is 0 Å². The fraction of sp³-hybridized carbons (Fsp3) is 0.190. The number of amides is 2. The number of rotatable bonds is 4. The van der Waals surface area contributed by atoms with Crippen molar-refractivity contribution < 1.29 is 19.1 Å². The molecule has 1 aromatic heterocycles. The lowest BCUT2D eigenvalue weighted by Crippen LogP contribution is -2.52. The van der Waals surface area contributed by atoms with E-state index in [1.807, 2.05) is 6.07 Å². The molecule has 1 aliphatic heterocycles. The fourth-order valence-electron chi connectivity index (χ4n) is 3.55. The van der Waals surface area contributed by atoms with E-state index in [0.717, 1.165) is 17.0 Å². The lowest BCUT2D eigenvalue weighted by atomic mass is 10.0. The highest BCUT2D eigenvalue weighted by Gasteiger charge is 2.51. The van der Waals surface area contributed by atoms with Gasteiger partial charge >= 0.3 is 0 Å². The number of H-pyrrole nitrogens is 1. The molecular formula is C21H16ClFN4O3. The van der Waals surface area contributed by atoms with Gasteiger partial charge in [-0.2, -0.15) is 5.26 Å². The summed E-state index contributed by atoms with van der Waals surface area (Å²) in [6.45, 7) is 0.0632. The van der Waals surface area contributed by atoms with Crippen LogP contribution in [0.3, 0.4) is 0 Å². The molecule has 0 aliphatic carbocycles. The SMILES string of the molecule is N#Cc1cc2cc(N3CC[C@](O)(C(=O)NCc4cc(F)cc(Cl)c4)C3=O)ccc2[nH]1. The van der Waals surface area contributed by atoms with E-state index in [2.05, 4.69) is 10.3 Å². The molecule has 4 rings (SSSR count). The third kappa shape index (κ3) is 3.49. The first-order valence-electron chi connectivity index (χ1n) is 9.10. The Morgan fingerprint density at radius 3 is 2.87 bits per heavy atom. The molecule has 152 valence electrons. The predicted octanol–water partition coefficient (Wildman–Crippen LogP) is 2.62. The lowest BCUT2D eigenvalue weighted by molar-refractivity contribution is -0.149. The first-order valence-corrected chi connectivity index (χ1v) is 9.48. The molecule has 0 bridgehead atoms. The fourth-order valence-corrected chi connectivity index (χ4v) is 3.80. The summed E-state index contributed by atoms with van der Waals surface area (Å²) in [5, 5.41) is 23.1. The molecule has 1 fully saturated rings. The Bertz CT molecular complexity index is 1200. The van der Waals surface area contributed by atoms with Gasteiger partial charge in [-0.1, -0.05) is 11.6 Å². The van der Waals surface area contributed by atoms with Crippen LogP contribution in [0.5, 0.6) is 0 Å². The van der Waals surface area contributed by atoms with Gasteiger partial charge in [-0.05, 0) is 48.0 Å². The number of aromatic amines is 1. The maximum atomic E-state index is 13.4. The molecule has 0 spiro atoms. The predicted molar refractivity (Wildman–Crippen MR) is 108 cm³/mol. The van der Waals surface area contributed by atoms with Crippen molar-refractivity contribution in [2.24, 2.45) is 0 Å². The molecule has 3 aromatic rings. The lowest BCUT2D eigenvalue weighted by Gasteiger charge is -2.22. The zero-order valence-electron chi connectivity index (χ0n) is 15.6. The van der Waals surface area contributed by atoms with Crippen LogP contribution in [-0.2, 0) is 16.1 Å². The van der Waals surface area contributed by atoms with E-state index >= 15 is 0 Å². The van der Waals surface area contributed by atoms with Crippen LogP contribution >= 0.6 is 11.6 Å². The summed E-state index contributed by atoms with van der Waals surface area (Å²) in [6.07, 6.45) is -0.0871. The minimum atomic E-state index is -2.22. The Hall–Kier alpha value is -3.41. The second-order valence-electron chi connectivity index (χ2n) is 7.09. The molecule has 3 N–H and O–H groups in total. The Kier molecular flexibility index (Phi) is 4.94. The zero-order chi connectivity index (χ0) is 21.5. The standard InChI is InChI=1S/C21H16ClFN4O3/c22-14-5-12(6-15(23)9-14)11-25-19(28)21(30)3-4-27(20(21)29)17-1-2-18-13(8-17)7-16(10-24)26-18/h1-2,5-9,26,30H,3-4,11H2,(H,25,28)/t21-/m0/s1. The second kappa shape index (κ2) is 7.44. The van der Waals surface area contributed by atoms with E-state index in [1.54, 1.807) is 24.3 Å². The molecule has 0 saturated carbocycles. The van der Waals surface area contributed by atoms with Crippen molar-refractivity contribution in [1.29, 1.82) is 5.26 Å². The average Bonchev–Trinajstić information content (AvgIpc) is 3.26. The van der Waals surface area contributed by atoms with Crippen LogP contribution in [0.2, 0.25) is 5.02 Å². The molecule has 9 heteroatoms. The number of halogens is 2. The number of carbonyl (C=O) groups is 2. The number of nitrogens with one attached hydrogen (secondary N) is 2. The molecule has 2 heterocycles. The highest BCUT2D eigenvalue weighted by atomic mass is 35.5. The number of aliphatic hydroxyl groups is 1. The summed E-state index contributed by atoms with van der Waals surface area (Å²) in [5.41, 5.74) is -0.170. The van der Waals surface area contributed by atoms with Gasteiger partial charge in [-0.3, -0.25) is 9.59 Å². The Morgan fingerprint density at radius 2 is 2.13 bits per heavy atom. The van der Waals surface area contributed by atoms with Gasteiger partial charge in [-0.25, -0.2) is 4.39 Å². The number of nitrogens with zero attached hydrogens (tertiary/aromatic N) is 2. The quantitative estimate of drug-likeness (QED) is 0.557. The van der Waals surface area contributed by atoms with E-state index in [1.165, 1.54) is 17.0 Å². The van der Waals surface area contributed by atoms with Gasteiger partial charge in [0.25, 0.3) is 11.8 Å². The first kappa shape index (κ1) is 19.9. The molecule has 7 nitrogen and oxygen atoms in total. The molecule has 2 aromatic carbocycles. The highest BCUT2D eigenvalue weighted by molar-refractivity contribution is 6.30. The molecular weight excluding hydrogens is 411 g/mol. The van der Waals surface area contributed by atoms with Crippen molar-refractivity contribution in [1.82, 2.24) is 10.3 Å². The maximum absolute atomic E-state index is 13.4. The number of nitriles is 1. The molecule has 0 unspecified atom stereocenters. The van der Waals surface area contributed by atoms with Crippen molar-refractivity contribution >= 4 is 40.0 Å². The van der Waals surface area contributed by atoms with Crippen LogP contribution in [0.15, 0.2) is 42.5 Å². The number of fused-ring (bicyclic) bond motifs is 1. The Balaban J connectivity index is 1.50. The smallest absolute Gasteiger partial charge is 0.268 e. The summed E-state index contributed by atoms with van der Waals surface area (Å²) >= 11 is 5.80. The summed E-state index contributed by atoms with van der Waals surface area (Å²) in [4.78, 5) is 29.7. The van der Waals surface area contributed by atoms with Crippen LogP contribution in [0.1, 0.15) is 17.7 Å². The topological polar surface area (TPSA) is 109 Å². The molecule has 30 heavy (non-hydrogen) atoms. The first-order chi connectivity index (χ1) is 14.3. The van der Waals surface area contributed by atoms with Gasteiger partial charge in [0.15, 0.2) is 0 Å². The van der Waals surface area contributed by atoms with Crippen molar-refractivity contribution in [3.05, 3.63) is 64.6 Å². The van der Waals surface area contributed by atoms with Crippen molar-refractivity contribution in [2.45, 2.75) is 18.6 Å². The van der Waals surface area contributed by atoms with Crippen molar-refractivity contribution in [3.8, 4) is 6.07 Å². The number of carbonyl (C=O) groups excluding carboxylic acids is 2. The van der Waals surface area contributed by atoms with E-state index in [4.69, 9.17) is 16.9 Å². The van der Waals surface area contributed by atoms with Gasteiger partial charge in [0.2, 0.25) is 5.60 Å². The third-order valence-corrected chi connectivity index (χ3v) is 5.30. The van der Waals surface area contributed by atoms with Crippen LogP contribution in [0, 0.1) is 17.1 Å². The molecule has 1 aliphatic rings. The number of hydrogen-bond acceptors (Lipinski definition) is 4. The molecule has 2 amide bonds. The normalized spacial score (nSPS) is 18.6. The summed E-state index contributed by atoms with van der Waals surface area (Å²) < 4.78 is 13.4. The van der Waals surface area contributed by atoms with Gasteiger partial charge in [0.1, 0.15) is 17.6 Å². The van der Waals surface area contributed by atoms with Gasteiger partial charge in [-0.15, -0.1) is 0 Å². The van der Waals surface area contributed by atoms with Crippen LogP contribution in [-0.4, -0.2) is 34.1 Å². The van der Waals surface area contributed by atoms with E-state index in [0.29, 0.717) is 16.9 Å². The van der Waals surface area contributed by atoms with Crippen molar-refractivity contribution in [2.75, 3.05) is 11.4 Å². The number of hydrogen-bond donors (Lipinski definition) is 3. The molecule has 0 radical (unpaired) electrons. The van der Waals surface area contributed by atoms with Crippen molar-refractivity contribution in [3.63, 3.8) is 0 Å². The maximum Gasteiger partial charge on any atom is 0.268 e. The Labute approximate surface area is 175 Å². The highest BCUT2D eigenvalue weighted by Crippen LogP contribution is 2.31. The van der Waals surface area contributed by atoms with E-state index in [-0.39, 0.29) is 24.5 Å². The van der Waals surface area contributed by atoms with Crippen LogP contribution in [0.4, 0.5) is 10.1 Å². The summed E-state index contributed by atoms with van der Waals surface area (Å²) in [7, 11) is 0. The Morgan fingerprint density at radius 1 is 1.33 bits per heavy atom. The monoisotopic (exact) mass is 426 g/mol. The zero-order valence-corrected chi connectivity index (χ0v) is 16.3. The van der Waals surface area contributed by atoms with Crippen LogP contribution in [0.25, 0.3) is 10.9 Å². The third-order valence-electron chi connectivity index (χ3n) is 5.08. The van der Waals surface area contributed by atoms with Gasteiger partial charge in [0, 0.05) is 41.1 Å². The average molecular weight is 427 g/mol. The van der Waals surface area contributed by atoms with E-state index in [9.17, 15) is 19.1 Å². The minimum absolute atomic E-state index is 0.0852. The minimum Gasteiger partial charge on any atom is -0.372 e. The number of benzene rings is 2. The number of aromatic nitrogens is 1. The number of anilines is 1. The largest absolute Gasteiger partial charge is 0.372 e. The molecule has 1 saturated heterocycles.